The molecule has 1 fully saturated rings. The van der Waals surface area contributed by atoms with E-state index in [1.807, 2.05) is 59.6 Å². The summed E-state index contributed by atoms with van der Waals surface area (Å²) in [7, 11) is 1.65. The van der Waals surface area contributed by atoms with E-state index < -0.39 is 0 Å². The predicted octanol–water partition coefficient (Wildman–Crippen LogP) is 2.74. The van der Waals surface area contributed by atoms with Gasteiger partial charge < -0.3 is 20.4 Å². The van der Waals surface area contributed by atoms with Crippen LogP contribution in [-0.2, 0) is 0 Å². The number of ether oxygens (including phenoxy) is 1. The number of H-pyrrole nitrogens is 1. The molecule has 0 bridgehead atoms. The molecule has 5 nitrogen and oxygen atoms in total. The molecular formula is C20H21N3O2. The number of hydrogen-bond donors (Lipinski definition) is 2. The van der Waals surface area contributed by atoms with Crippen LogP contribution in [-0.4, -0.2) is 42.0 Å². The third kappa shape index (κ3) is 2.87. The molecule has 25 heavy (non-hydrogen) atoms. The first kappa shape index (κ1) is 15.7. The first-order valence-electron chi connectivity index (χ1n) is 8.41. The van der Waals surface area contributed by atoms with Crippen LogP contribution in [0.25, 0.3) is 10.9 Å². The largest absolute Gasteiger partial charge is 0.497 e. The predicted molar refractivity (Wildman–Crippen MR) is 97.9 cm³/mol. The lowest BCUT2D eigenvalue weighted by atomic mass is 9.95. The quantitative estimate of drug-likeness (QED) is 0.773. The Labute approximate surface area is 146 Å². The van der Waals surface area contributed by atoms with Crippen LogP contribution in [0.15, 0.2) is 54.7 Å². The summed E-state index contributed by atoms with van der Waals surface area (Å²) in [4.78, 5) is 17.9. The maximum Gasteiger partial charge on any atom is 0.254 e. The van der Waals surface area contributed by atoms with Gasteiger partial charge >= 0.3 is 0 Å². The number of aromatic amines is 1. The van der Waals surface area contributed by atoms with Crippen LogP contribution in [0.2, 0.25) is 0 Å². The van der Waals surface area contributed by atoms with Crippen molar-refractivity contribution in [2.24, 2.45) is 5.73 Å². The molecule has 2 aromatic carbocycles. The molecule has 1 aliphatic heterocycles. The van der Waals surface area contributed by atoms with Crippen molar-refractivity contribution in [3.63, 3.8) is 0 Å². The molecule has 1 aliphatic rings. The lowest BCUT2D eigenvalue weighted by Crippen LogP contribution is -2.32. The van der Waals surface area contributed by atoms with Crippen molar-refractivity contribution >= 4 is 16.8 Å². The van der Waals surface area contributed by atoms with Crippen molar-refractivity contribution in [1.82, 2.24) is 9.88 Å². The number of benzene rings is 2. The Hall–Kier alpha value is -2.79. The fourth-order valence-corrected chi connectivity index (χ4v) is 3.58. The van der Waals surface area contributed by atoms with Gasteiger partial charge in [0, 0.05) is 42.3 Å². The maximum atomic E-state index is 12.9. The first-order valence-corrected chi connectivity index (χ1v) is 8.41. The van der Waals surface area contributed by atoms with Gasteiger partial charge in [0.15, 0.2) is 0 Å². The smallest absolute Gasteiger partial charge is 0.254 e. The average molecular weight is 335 g/mol. The zero-order valence-electron chi connectivity index (χ0n) is 14.1. The molecule has 2 atom stereocenters. The number of fused-ring (bicyclic) bond motifs is 1. The van der Waals surface area contributed by atoms with Gasteiger partial charge in [-0.1, -0.05) is 18.2 Å². The molecule has 0 aliphatic carbocycles. The topological polar surface area (TPSA) is 71.3 Å². The summed E-state index contributed by atoms with van der Waals surface area (Å²) < 4.78 is 5.30. The summed E-state index contributed by atoms with van der Waals surface area (Å²) in [6.07, 6.45) is 1.88. The molecular weight excluding hydrogens is 314 g/mol. The number of carbonyl (C=O) groups is 1. The third-order valence-electron chi connectivity index (χ3n) is 4.98. The number of rotatable bonds is 3. The number of likely N-dealkylation sites (tertiary alicyclic amines) is 1. The average Bonchev–Trinajstić information content (AvgIpc) is 3.26. The van der Waals surface area contributed by atoms with Gasteiger partial charge in [0.25, 0.3) is 5.91 Å². The van der Waals surface area contributed by atoms with Crippen LogP contribution in [0.1, 0.15) is 21.8 Å². The molecule has 3 aromatic rings. The molecule has 1 aromatic heterocycles. The fourth-order valence-electron chi connectivity index (χ4n) is 3.58. The van der Waals surface area contributed by atoms with E-state index in [4.69, 9.17) is 10.5 Å². The van der Waals surface area contributed by atoms with Crippen LogP contribution in [0.4, 0.5) is 0 Å². The van der Waals surface area contributed by atoms with Crippen LogP contribution in [0, 0.1) is 0 Å². The highest BCUT2D eigenvalue weighted by atomic mass is 16.5. The molecule has 3 N–H and O–H groups in total. The standard InChI is InChI=1S/C20H21N3O2/c1-25-16-4-2-3-14(9-16)17-11-23(12-18(17)21)20(24)15-6-5-13-7-8-22-19(13)10-15/h2-10,17-18,22H,11-12,21H2,1H3/t17-,18+/m0/s1. The molecule has 0 unspecified atom stereocenters. The number of nitrogens with zero attached hydrogens (tertiary/aromatic N) is 1. The van der Waals surface area contributed by atoms with Gasteiger partial charge in [-0.3, -0.25) is 4.79 Å². The summed E-state index contributed by atoms with van der Waals surface area (Å²) in [5, 5.41) is 1.10. The summed E-state index contributed by atoms with van der Waals surface area (Å²) in [6.45, 7) is 1.18. The van der Waals surface area contributed by atoms with Gasteiger partial charge in [0.2, 0.25) is 0 Å². The highest BCUT2D eigenvalue weighted by molar-refractivity contribution is 5.98. The maximum absolute atomic E-state index is 12.9. The van der Waals surface area contributed by atoms with E-state index in [1.54, 1.807) is 7.11 Å². The van der Waals surface area contributed by atoms with E-state index in [9.17, 15) is 4.79 Å². The van der Waals surface area contributed by atoms with Gasteiger partial charge in [-0.15, -0.1) is 0 Å². The Kier molecular flexibility index (Phi) is 3.93. The molecule has 128 valence electrons. The highest BCUT2D eigenvalue weighted by Gasteiger charge is 2.34. The first-order chi connectivity index (χ1) is 12.2. The highest BCUT2D eigenvalue weighted by Crippen LogP contribution is 2.30. The van der Waals surface area contributed by atoms with Crippen molar-refractivity contribution in [2.45, 2.75) is 12.0 Å². The van der Waals surface area contributed by atoms with Crippen molar-refractivity contribution in [3.05, 3.63) is 65.9 Å². The molecule has 2 heterocycles. The Balaban J connectivity index is 1.56. The second-order valence-corrected chi connectivity index (χ2v) is 6.54. The number of nitrogens with two attached hydrogens (primary N) is 1. The number of nitrogens with one attached hydrogen (secondary N) is 1. The monoisotopic (exact) mass is 335 g/mol. The molecule has 1 amide bonds. The third-order valence-corrected chi connectivity index (χ3v) is 4.98. The minimum absolute atomic E-state index is 0.0253. The zero-order chi connectivity index (χ0) is 17.4. The van der Waals surface area contributed by atoms with E-state index in [-0.39, 0.29) is 17.9 Å². The Bertz CT molecular complexity index is 918. The van der Waals surface area contributed by atoms with Crippen LogP contribution in [0.3, 0.4) is 0 Å². The van der Waals surface area contributed by atoms with E-state index >= 15 is 0 Å². The molecule has 0 radical (unpaired) electrons. The normalized spacial score (nSPS) is 20.2. The van der Waals surface area contributed by atoms with Crippen LogP contribution >= 0.6 is 0 Å². The number of methoxy groups -OCH3 is 1. The van der Waals surface area contributed by atoms with Crippen molar-refractivity contribution in [2.75, 3.05) is 20.2 Å². The molecule has 5 heteroatoms. The minimum Gasteiger partial charge on any atom is -0.497 e. The van der Waals surface area contributed by atoms with Crippen molar-refractivity contribution in [1.29, 1.82) is 0 Å². The van der Waals surface area contributed by atoms with Crippen molar-refractivity contribution < 1.29 is 9.53 Å². The second-order valence-electron chi connectivity index (χ2n) is 6.54. The number of amides is 1. The van der Waals surface area contributed by atoms with Gasteiger partial charge in [-0.25, -0.2) is 0 Å². The molecule has 0 saturated carbocycles. The lowest BCUT2D eigenvalue weighted by Gasteiger charge is -2.17. The minimum atomic E-state index is -0.0784. The summed E-state index contributed by atoms with van der Waals surface area (Å²) in [5.41, 5.74) is 9.11. The zero-order valence-corrected chi connectivity index (χ0v) is 14.1. The van der Waals surface area contributed by atoms with E-state index in [0.717, 1.165) is 22.2 Å². The Morgan fingerprint density at radius 2 is 2.08 bits per heavy atom. The second kappa shape index (κ2) is 6.26. The van der Waals surface area contributed by atoms with Crippen molar-refractivity contribution in [3.8, 4) is 5.75 Å². The van der Waals surface area contributed by atoms with Crippen LogP contribution in [0.5, 0.6) is 5.75 Å². The van der Waals surface area contributed by atoms with Gasteiger partial charge in [0.1, 0.15) is 5.75 Å². The fraction of sp³-hybridized carbons (Fsp3) is 0.250. The Morgan fingerprint density at radius 3 is 2.92 bits per heavy atom. The Morgan fingerprint density at radius 1 is 1.20 bits per heavy atom. The SMILES string of the molecule is COc1cccc([C@@H]2CN(C(=O)c3ccc4cc[nH]c4c3)C[C@H]2N)c1. The molecule has 4 rings (SSSR count). The van der Waals surface area contributed by atoms with Crippen LogP contribution < -0.4 is 10.5 Å². The summed E-state index contributed by atoms with van der Waals surface area (Å²) in [6, 6.07) is 15.6. The summed E-state index contributed by atoms with van der Waals surface area (Å²) in [5.74, 6) is 0.956. The number of aromatic nitrogens is 1. The van der Waals surface area contributed by atoms with E-state index in [2.05, 4.69) is 4.98 Å². The number of hydrogen-bond acceptors (Lipinski definition) is 3. The molecule has 0 spiro atoms. The lowest BCUT2D eigenvalue weighted by molar-refractivity contribution is 0.0789. The van der Waals surface area contributed by atoms with Gasteiger partial charge in [-0.2, -0.15) is 0 Å². The number of carbonyl (C=O) groups excluding carboxylic acids is 1. The summed E-state index contributed by atoms with van der Waals surface area (Å²) >= 11 is 0. The van der Waals surface area contributed by atoms with Gasteiger partial charge in [-0.05, 0) is 41.3 Å². The van der Waals surface area contributed by atoms with Gasteiger partial charge in [0.05, 0.1) is 7.11 Å². The molecule has 1 saturated heterocycles. The van der Waals surface area contributed by atoms with E-state index in [1.165, 1.54) is 0 Å². The van der Waals surface area contributed by atoms with E-state index in [0.29, 0.717) is 18.7 Å².